The van der Waals surface area contributed by atoms with E-state index in [1.807, 2.05) is 31.2 Å². The zero-order valence-corrected chi connectivity index (χ0v) is 14.9. The van der Waals surface area contributed by atoms with Gasteiger partial charge in [0.1, 0.15) is 12.4 Å². The van der Waals surface area contributed by atoms with Crippen LogP contribution in [0.1, 0.15) is 11.1 Å². The predicted octanol–water partition coefficient (Wildman–Crippen LogP) is 1.63. The van der Waals surface area contributed by atoms with E-state index in [9.17, 15) is 18.8 Å². The van der Waals surface area contributed by atoms with Crippen LogP contribution in [0.4, 0.5) is 10.1 Å². The molecule has 0 unspecified atom stereocenters. The van der Waals surface area contributed by atoms with Crippen molar-refractivity contribution in [1.29, 1.82) is 0 Å². The molecule has 0 radical (unpaired) electrons. The van der Waals surface area contributed by atoms with E-state index in [2.05, 4.69) is 5.32 Å². The second kappa shape index (κ2) is 7.99. The maximum Gasteiger partial charge on any atom is 0.316 e. The van der Waals surface area contributed by atoms with Crippen LogP contribution in [-0.4, -0.2) is 42.3 Å². The first-order valence-electron chi connectivity index (χ1n) is 8.62. The van der Waals surface area contributed by atoms with E-state index in [0.29, 0.717) is 12.2 Å². The number of carbonyl (C=O) groups is 3. The van der Waals surface area contributed by atoms with Gasteiger partial charge in [-0.3, -0.25) is 14.4 Å². The molecule has 1 aliphatic heterocycles. The molecule has 3 rings (SSSR count). The molecule has 0 spiro atoms. The van der Waals surface area contributed by atoms with Crippen molar-refractivity contribution in [2.24, 2.45) is 0 Å². The Balaban J connectivity index is 1.55. The number of piperazine rings is 1. The third-order valence-corrected chi connectivity index (χ3v) is 4.39. The number of rotatable bonds is 5. The van der Waals surface area contributed by atoms with Crippen molar-refractivity contribution in [3.05, 3.63) is 65.5 Å². The van der Waals surface area contributed by atoms with Crippen LogP contribution in [0.25, 0.3) is 0 Å². The normalized spacial score (nSPS) is 14.4. The van der Waals surface area contributed by atoms with Crippen LogP contribution >= 0.6 is 0 Å². The Morgan fingerprint density at radius 3 is 2.33 bits per heavy atom. The quantitative estimate of drug-likeness (QED) is 0.815. The molecule has 140 valence electrons. The van der Waals surface area contributed by atoms with Gasteiger partial charge in [-0.15, -0.1) is 0 Å². The minimum Gasteiger partial charge on any atom is -0.350 e. The van der Waals surface area contributed by atoms with Crippen LogP contribution in [0.3, 0.4) is 0 Å². The third-order valence-electron chi connectivity index (χ3n) is 4.39. The van der Waals surface area contributed by atoms with E-state index in [1.165, 1.54) is 34.1 Å². The Kier molecular flexibility index (Phi) is 5.49. The van der Waals surface area contributed by atoms with Crippen molar-refractivity contribution in [3.8, 4) is 0 Å². The Morgan fingerprint density at radius 2 is 1.67 bits per heavy atom. The van der Waals surface area contributed by atoms with E-state index in [-0.39, 0.29) is 25.5 Å². The molecule has 0 atom stereocenters. The van der Waals surface area contributed by atoms with Gasteiger partial charge in [-0.1, -0.05) is 29.8 Å². The van der Waals surface area contributed by atoms with Crippen molar-refractivity contribution >= 4 is 23.4 Å². The minimum atomic E-state index is -0.740. The van der Waals surface area contributed by atoms with Crippen LogP contribution in [0.5, 0.6) is 0 Å². The Bertz CT molecular complexity index is 850. The molecular formula is C20H20FN3O3. The molecule has 1 saturated heterocycles. The minimum absolute atomic E-state index is 0.173. The Morgan fingerprint density at radius 1 is 1.00 bits per heavy atom. The lowest BCUT2D eigenvalue weighted by Crippen LogP contribution is -2.56. The number of benzene rings is 2. The summed E-state index contributed by atoms with van der Waals surface area (Å²) in [5, 5.41) is 2.75. The Hall–Kier alpha value is -3.22. The second-order valence-corrected chi connectivity index (χ2v) is 6.42. The highest BCUT2D eigenvalue weighted by molar-refractivity contribution is 6.41. The lowest BCUT2D eigenvalue weighted by molar-refractivity contribution is -0.147. The van der Waals surface area contributed by atoms with E-state index in [1.54, 1.807) is 0 Å². The summed E-state index contributed by atoms with van der Waals surface area (Å²) in [6.45, 7) is 2.66. The number of hydrogen-bond acceptors (Lipinski definition) is 3. The van der Waals surface area contributed by atoms with Gasteiger partial charge in [-0.2, -0.15) is 0 Å². The number of aryl methyl sites for hydroxylation is 1. The van der Waals surface area contributed by atoms with Gasteiger partial charge in [0.05, 0.1) is 0 Å². The molecule has 3 amide bonds. The number of anilines is 1. The fourth-order valence-corrected chi connectivity index (χ4v) is 2.83. The molecule has 0 aromatic heterocycles. The molecule has 1 N–H and O–H groups in total. The lowest BCUT2D eigenvalue weighted by Gasteiger charge is -2.33. The predicted molar refractivity (Wildman–Crippen MR) is 98.4 cm³/mol. The van der Waals surface area contributed by atoms with Crippen LogP contribution in [0, 0.1) is 12.7 Å². The molecule has 2 aromatic rings. The van der Waals surface area contributed by atoms with Crippen molar-refractivity contribution in [3.63, 3.8) is 0 Å². The molecule has 0 bridgehead atoms. The molecule has 0 saturated carbocycles. The number of carbonyl (C=O) groups excluding carboxylic acids is 3. The maximum atomic E-state index is 13.0. The number of halogens is 1. The molecule has 27 heavy (non-hydrogen) atoms. The van der Waals surface area contributed by atoms with Gasteiger partial charge in [0.15, 0.2) is 0 Å². The van der Waals surface area contributed by atoms with Crippen molar-refractivity contribution in [1.82, 2.24) is 10.2 Å². The van der Waals surface area contributed by atoms with E-state index < -0.39 is 17.6 Å². The molecule has 0 aliphatic carbocycles. The fraction of sp³-hybridized carbons (Fsp3) is 0.250. The average molecular weight is 369 g/mol. The van der Waals surface area contributed by atoms with Gasteiger partial charge in [0.25, 0.3) is 0 Å². The SMILES string of the molecule is Cc1ccc(CNC(=O)CN2CCN(c3ccc(F)cc3)C(=O)C2=O)cc1. The number of hydrogen-bond donors (Lipinski definition) is 1. The first-order chi connectivity index (χ1) is 12.9. The highest BCUT2D eigenvalue weighted by Crippen LogP contribution is 2.18. The summed E-state index contributed by atoms with van der Waals surface area (Å²) in [6, 6.07) is 13.1. The summed E-state index contributed by atoms with van der Waals surface area (Å²) in [7, 11) is 0. The van der Waals surface area contributed by atoms with Gasteiger partial charge in [-0.25, -0.2) is 4.39 Å². The molecule has 6 nitrogen and oxygen atoms in total. The van der Waals surface area contributed by atoms with Gasteiger partial charge in [-0.05, 0) is 36.8 Å². The lowest BCUT2D eigenvalue weighted by atomic mass is 10.1. The fourth-order valence-electron chi connectivity index (χ4n) is 2.83. The maximum absolute atomic E-state index is 13.0. The van der Waals surface area contributed by atoms with Crippen LogP contribution in [0.15, 0.2) is 48.5 Å². The summed E-state index contributed by atoms with van der Waals surface area (Å²) in [6.07, 6.45) is 0. The largest absolute Gasteiger partial charge is 0.350 e. The highest BCUT2D eigenvalue weighted by Gasteiger charge is 2.34. The monoisotopic (exact) mass is 369 g/mol. The van der Waals surface area contributed by atoms with Gasteiger partial charge in [0.2, 0.25) is 5.91 Å². The molecule has 2 aromatic carbocycles. The van der Waals surface area contributed by atoms with E-state index in [4.69, 9.17) is 0 Å². The first-order valence-corrected chi connectivity index (χ1v) is 8.62. The first kappa shape index (κ1) is 18.6. The van der Waals surface area contributed by atoms with Crippen LogP contribution < -0.4 is 10.2 Å². The summed E-state index contributed by atoms with van der Waals surface area (Å²) in [4.78, 5) is 39.3. The zero-order valence-electron chi connectivity index (χ0n) is 14.9. The molecule has 1 heterocycles. The number of amides is 3. The van der Waals surface area contributed by atoms with Crippen molar-refractivity contribution in [2.75, 3.05) is 24.5 Å². The van der Waals surface area contributed by atoms with Crippen LogP contribution in [0.2, 0.25) is 0 Å². The summed E-state index contributed by atoms with van der Waals surface area (Å²) >= 11 is 0. The van der Waals surface area contributed by atoms with Crippen LogP contribution in [-0.2, 0) is 20.9 Å². The zero-order chi connectivity index (χ0) is 19.4. The summed E-state index contributed by atoms with van der Waals surface area (Å²) in [5.41, 5.74) is 2.55. The number of nitrogens with one attached hydrogen (secondary N) is 1. The molecule has 7 heteroatoms. The third kappa shape index (κ3) is 4.49. The Labute approximate surface area is 156 Å². The van der Waals surface area contributed by atoms with E-state index in [0.717, 1.165) is 11.1 Å². The standard InChI is InChI=1S/C20H20FN3O3/c1-14-2-4-15(5-3-14)12-22-18(25)13-23-10-11-24(20(27)19(23)26)17-8-6-16(21)7-9-17/h2-9H,10-13H2,1H3,(H,22,25). The number of nitrogens with zero attached hydrogens (tertiary/aromatic N) is 2. The average Bonchev–Trinajstić information content (AvgIpc) is 2.66. The molecule has 1 aliphatic rings. The van der Waals surface area contributed by atoms with Crippen molar-refractivity contribution < 1.29 is 18.8 Å². The summed E-state index contributed by atoms with van der Waals surface area (Å²) in [5.74, 6) is -2.20. The molecule has 1 fully saturated rings. The summed E-state index contributed by atoms with van der Waals surface area (Å²) < 4.78 is 13.0. The smallest absolute Gasteiger partial charge is 0.316 e. The van der Waals surface area contributed by atoms with E-state index >= 15 is 0 Å². The molecular weight excluding hydrogens is 349 g/mol. The van der Waals surface area contributed by atoms with Gasteiger partial charge in [0, 0.05) is 25.3 Å². The topological polar surface area (TPSA) is 69.7 Å². The van der Waals surface area contributed by atoms with Gasteiger partial charge >= 0.3 is 11.8 Å². The van der Waals surface area contributed by atoms with Gasteiger partial charge < -0.3 is 15.1 Å². The second-order valence-electron chi connectivity index (χ2n) is 6.42. The van der Waals surface area contributed by atoms with Crippen molar-refractivity contribution in [2.45, 2.75) is 13.5 Å². The highest BCUT2D eigenvalue weighted by atomic mass is 19.1.